The maximum Gasteiger partial charge on any atom is 0.375 e. The van der Waals surface area contributed by atoms with Gasteiger partial charge in [0.05, 0.1) is 6.20 Å². The van der Waals surface area contributed by atoms with Gasteiger partial charge in [-0.05, 0) is 0 Å². The largest absolute Gasteiger partial charge is 0.475 e. The number of nitrogens with zero attached hydrogens (tertiary/aromatic N) is 3. The molecule has 1 aromatic heterocycles. The van der Waals surface area contributed by atoms with Gasteiger partial charge in [-0.1, -0.05) is 0 Å². The van der Waals surface area contributed by atoms with E-state index in [9.17, 15) is 4.79 Å². The Labute approximate surface area is 61.5 Å². The number of rotatable bonds is 1. The van der Waals surface area contributed by atoms with Crippen molar-refractivity contribution in [3.8, 4) is 0 Å². The van der Waals surface area contributed by atoms with Crippen molar-refractivity contribution >= 4 is 18.6 Å². The van der Waals surface area contributed by atoms with Crippen molar-refractivity contribution in [2.75, 3.05) is 0 Å². The van der Waals surface area contributed by atoms with Gasteiger partial charge in [0.2, 0.25) is 0 Å². The van der Waals surface area contributed by atoms with E-state index in [4.69, 9.17) is 5.11 Å². The molecule has 52 valence electrons. The van der Waals surface area contributed by atoms with Crippen molar-refractivity contribution in [2.45, 2.75) is 5.03 Å². The highest BCUT2D eigenvalue weighted by Gasteiger charge is 2.05. The Morgan fingerprint density at radius 1 is 1.70 bits per heavy atom. The van der Waals surface area contributed by atoms with Gasteiger partial charge >= 0.3 is 5.97 Å². The SMILES string of the molecule is O=C(O)c1nncc(S)n1. The first-order chi connectivity index (χ1) is 4.70. The average Bonchev–Trinajstić information content (AvgIpc) is 1.88. The number of hydrogen-bond acceptors (Lipinski definition) is 5. The van der Waals surface area contributed by atoms with E-state index in [1.807, 2.05) is 0 Å². The molecule has 0 radical (unpaired) electrons. The first kappa shape index (κ1) is 6.94. The van der Waals surface area contributed by atoms with E-state index in [1.165, 1.54) is 6.20 Å². The summed E-state index contributed by atoms with van der Waals surface area (Å²) in [6.45, 7) is 0. The van der Waals surface area contributed by atoms with Gasteiger partial charge in [-0.2, -0.15) is 5.10 Å². The quantitative estimate of drug-likeness (QED) is 0.555. The Hall–Kier alpha value is -1.17. The first-order valence-electron chi connectivity index (χ1n) is 2.32. The van der Waals surface area contributed by atoms with Gasteiger partial charge in [0.25, 0.3) is 5.82 Å². The number of carbonyl (C=O) groups is 1. The highest BCUT2D eigenvalue weighted by molar-refractivity contribution is 7.80. The number of hydrogen-bond donors (Lipinski definition) is 2. The van der Waals surface area contributed by atoms with Crippen LogP contribution in [0.15, 0.2) is 11.2 Å². The lowest BCUT2D eigenvalue weighted by molar-refractivity contribution is 0.0681. The summed E-state index contributed by atoms with van der Waals surface area (Å²) in [4.78, 5) is 13.6. The van der Waals surface area contributed by atoms with Crippen LogP contribution in [0.2, 0.25) is 0 Å². The maximum atomic E-state index is 10.2. The van der Waals surface area contributed by atoms with Gasteiger partial charge < -0.3 is 5.11 Å². The van der Waals surface area contributed by atoms with Crippen molar-refractivity contribution in [1.29, 1.82) is 0 Å². The Morgan fingerprint density at radius 3 is 2.80 bits per heavy atom. The Balaban J connectivity index is 3.07. The highest BCUT2D eigenvalue weighted by Crippen LogP contribution is 1.96. The second-order valence-electron chi connectivity index (χ2n) is 1.44. The summed E-state index contributed by atoms with van der Waals surface area (Å²) in [7, 11) is 0. The molecule has 0 aliphatic rings. The zero-order chi connectivity index (χ0) is 7.56. The fourth-order valence-corrected chi connectivity index (χ4v) is 0.532. The van der Waals surface area contributed by atoms with Crippen molar-refractivity contribution in [2.24, 2.45) is 0 Å². The van der Waals surface area contributed by atoms with E-state index in [0.29, 0.717) is 0 Å². The molecule has 0 amide bonds. The molecule has 0 unspecified atom stereocenters. The van der Waals surface area contributed by atoms with E-state index < -0.39 is 5.97 Å². The molecule has 0 aliphatic heterocycles. The molecule has 0 fully saturated rings. The minimum atomic E-state index is -1.21. The average molecular weight is 157 g/mol. The second kappa shape index (κ2) is 2.61. The minimum absolute atomic E-state index is 0.243. The summed E-state index contributed by atoms with van der Waals surface area (Å²) in [5.41, 5.74) is 0. The molecule has 10 heavy (non-hydrogen) atoms. The van der Waals surface area contributed by atoms with Crippen molar-refractivity contribution in [3.63, 3.8) is 0 Å². The predicted octanol–water partition coefficient (Wildman–Crippen LogP) is -0.142. The zero-order valence-electron chi connectivity index (χ0n) is 4.72. The third kappa shape index (κ3) is 1.41. The van der Waals surface area contributed by atoms with Crippen LogP contribution in [0.3, 0.4) is 0 Å². The van der Waals surface area contributed by atoms with E-state index in [0.717, 1.165) is 0 Å². The van der Waals surface area contributed by atoms with Gasteiger partial charge in [-0.15, -0.1) is 17.7 Å². The standard InChI is InChI=1S/C4H3N3O2S/c8-4(9)3-6-2(10)1-5-7-3/h1H,(H,8,9)(H,6,7,10). The first-order valence-corrected chi connectivity index (χ1v) is 2.77. The molecule has 0 spiro atoms. The molecular formula is C4H3N3O2S. The van der Waals surface area contributed by atoms with Crippen molar-refractivity contribution < 1.29 is 9.90 Å². The monoisotopic (exact) mass is 157 g/mol. The lowest BCUT2D eigenvalue weighted by Crippen LogP contribution is -2.05. The fraction of sp³-hybridized carbons (Fsp3) is 0. The summed E-state index contributed by atoms with van der Waals surface area (Å²) in [6.07, 6.45) is 1.26. The number of carboxylic acid groups (broad SMARTS) is 1. The molecule has 1 heterocycles. The van der Waals surface area contributed by atoms with Crippen LogP contribution in [0.4, 0.5) is 0 Å². The lowest BCUT2D eigenvalue weighted by atomic mass is 10.6. The lowest BCUT2D eigenvalue weighted by Gasteiger charge is -1.89. The van der Waals surface area contributed by atoms with E-state index in [1.54, 1.807) is 0 Å². The molecule has 0 aliphatic carbocycles. The third-order valence-electron chi connectivity index (χ3n) is 0.737. The van der Waals surface area contributed by atoms with Crippen molar-refractivity contribution in [1.82, 2.24) is 15.2 Å². The number of aromatic carboxylic acids is 1. The Morgan fingerprint density at radius 2 is 2.40 bits per heavy atom. The molecule has 6 heteroatoms. The maximum absolute atomic E-state index is 10.2. The van der Waals surface area contributed by atoms with Gasteiger partial charge in [0.15, 0.2) is 0 Å². The molecule has 0 saturated carbocycles. The molecule has 0 atom stereocenters. The molecule has 0 aromatic carbocycles. The van der Waals surface area contributed by atoms with Crippen LogP contribution in [-0.4, -0.2) is 26.3 Å². The van der Waals surface area contributed by atoms with E-state index >= 15 is 0 Å². The summed E-state index contributed by atoms with van der Waals surface area (Å²) in [6, 6.07) is 0. The minimum Gasteiger partial charge on any atom is -0.475 e. The third-order valence-corrected chi connectivity index (χ3v) is 0.953. The van der Waals surface area contributed by atoms with Crippen molar-refractivity contribution in [3.05, 3.63) is 12.0 Å². The molecule has 1 N–H and O–H groups in total. The van der Waals surface area contributed by atoms with Crippen LogP contribution in [0.1, 0.15) is 10.6 Å². The zero-order valence-corrected chi connectivity index (χ0v) is 5.62. The van der Waals surface area contributed by atoms with Crippen LogP contribution in [-0.2, 0) is 0 Å². The van der Waals surface area contributed by atoms with Crippen LogP contribution < -0.4 is 0 Å². The second-order valence-corrected chi connectivity index (χ2v) is 1.90. The van der Waals surface area contributed by atoms with Gasteiger partial charge in [0.1, 0.15) is 5.03 Å². The van der Waals surface area contributed by atoms with E-state index in [2.05, 4.69) is 27.8 Å². The summed E-state index contributed by atoms with van der Waals surface area (Å²) in [5, 5.41) is 15.1. The summed E-state index contributed by atoms with van der Waals surface area (Å²) in [5.74, 6) is -1.55. The normalized spacial score (nSPS) is 9.30. The summed E-state index contributed by atoms with van der Waals surface area (Å²) < 4.78 is 0. The molecule has 1 rings (SSSR count). The highest BCUT2D eigenvalue weighted by atomic mass is 32.1. The van der Waals surface area contributed by atoms with Crippen LogP contribution in [0.5, 0.6) is 0 Å². The smallest absolute Gasteiger partial charge is 0.375 e. The molecule has 0 saturated heterocycles. The van der Waals surface area contributed by atoms with Crippen LogP contribution in [0, 0.1) is 0 Å². The molecule has 1 aromatic rings. The number of aromatic nitrogens is 3. The number of carboxylic acids is 1. The Bertz CT molecular complexity index is 264. The predicted molar refractivity (Wildman–Crippen MR) is 34.0 cm³/mol. The van der Waals surface area contributed by atoms with Gasteiger partial charge in [0, 0.05) is 0 Å². The van der Waals surface area contributed by atoms with Gasteiger partial charge in [-0.25, -0.2) is 9.78 Å². The topological polar surface area (TPSA) is 76.0 Å². The fourth-order valence-electron chi connectivity index (χ4n) is 0.386. The molecule has 5 nitrogen and oxygen atoms in total. The van der Waals surface area contributed by atoms with Crippen LogP contribution >= 0.6 is 12.6 Å². The molecular weight excluding hydrogens is 154 g/mol. The van der Waals surface area contributed by atoms with E-state index in [-0.39, 0.29) is 10.9 Å². The van der Waals surface area contributed by atoms with Crippen LogP contribution in [0.25, 0.3) is 0 Å². The molecule has 0 bridgehead atoms. The summed E-state index contributed by atoms with van der Waals surface area (Å²) >= 11 is 3.77. The number of thiol groups is 1. The van der Waals surface area contributed by atoms with Gasteiger partial charge in [-0.3, -0.25) is 0 Å². The Kier molecular flexibility index (Phi) is 1.81.